The zero-order chi connectivity index (χ0) is 45.9. The van der Waals surface area contributed by atoms with Crippen molar-refractivity contribution in [3.05, 3.63) is 44.5 Å². The molecule has 1 amide bonds. The van der Waals surface area contributed by atoms with Gasteiger partial charge in [-0.3, -0.25) is 28.2 Å². The fourth-order valence-electron chi connectivity index (χ4n) is 4.77. The third-order valence-corrected chi connectivity index (χ3v) is 16.6. The molecule has 0 radical (unpaired) electrons. The molecule has 9 atom stereocenters. The second kappa shape index (κ2) is 22.8. The Morgan fingerprint density at radius 2 is 1.36 bits per heavy atom. The predicted molar refractivity (Wildman–Crippen MR) is 199 cm³/mol. The lowest BCUT2D eigenvalue weighted by atomic mass is 10.2. The van der Waals surface area contributed by atoms with Gasteiger partial charge in [-0.2, -0.15) is 21.6 Å². The number of unbranched alkanes of at least 4 members (excludes halogenated alkanes) is 3. The first-order valence-electron chi connectivity index (χ1n) is 17.3. The molecular weight excluding hydrogens is 958 g/mol. The van der Waals surface area contributed by atoms with Crippen molar-refractivity contribution in [1.29, 1.82) is 0 Å². The molecule has 31 nitrogen and oxygen atoms in total. The monoisotopic (exact) mass is 1000 g/mol. The predicted octanol–water partition coefficient (Wildman–Crippen LogP) is 0.895. The van der Waals surface area contributed by atoms with E-state index in [1.165, 1.54) is 6.92 Å². The fraction of sp³-hybridized carbons (Fsp3) is 0.708. The van der Waals surface area contributed by atoms with Crippen LogP contribution in [0.5, 0.6) is 0 Å². The average molecular weight is 1000 g/mol. The Bertz CT molecular complexity index is 2220. The number of rotatable bonds is 28. The van der Waals surface area contributed by atoms with Crippen molar-refractivity contribution >= 4 is 52.8 Å². The van der Waals surface area contributed by atoms with E-state index in [9.17, 15) is 76.2 Å². The summed E-state index contributed by atoms with van der Waals surface area (Å²) < 4.78 is 114. The minimum atomic E-state index is -6.49. The Labute approximate surface area is 343 Å². The number of carbonyl (C=O) groups excluding carboxylic acids is 1. The Hall–Kier alpha value is -1.97. The summed E-state index contributed by atoms with van der Waals surface area (Å²) >= 11 is 0. The van der Waals surface area contributed by atoms with Crippen LogP contribution in [0.15, 0.2) is 22.0 Å². The quantitative estimate of drug-likeness (QED) is 0.0422. The first-order chi connectivity index (χ1) is 28.1. The number of hydrogen-bond acceptors (Lipinski definition) is 21. The van der Waals surface area contributed by atoms with Crippen LogP contribution in [-0.2, 0) is 78.8 Å². The maximum atomic E-state index is 12.3. The van der Waals surface area contributed by atoms with Gasteiger partial charge >= 0.3 is 52.6 Å². The summed E-state index contributed by atoms with van der Waals surface area (Å²) in [5, 5.41) is 20.6. The van der Waals surface area contributed by atoms with Gasteiger partial charge in [0.25, 0.3) is 5.56 Å². The van der Waals surface area contributed by atoms with Crippen LogP contribution < -0.4 is 16.6 Å². The summed E-state index contributed by atoms with van der Waals surface area (Å²) in [5.41, 5.74) is -0.796. The number of aromatic amines is 1. The number of nitrogens with one attached hydrogen (secondary N) is 2. The van der Waals surface area contributed by atoms with E-state index in [0.717, 1.165) is 16.5 Å². The number of aliphatic hydroxyl groups is 1. The minimum absolute atomic E-state index is 0.0660. The van der Waals surface area contributed by atoms with Gasteiger partial charge in [-0.25, -0.2) is 36.9 Å². The topological polar surface area (TPSA) is 442 Å². The lowest BCUT2D eigenvalue weighted by molar-refractivity contribution is -0.122. The highest BCUT2D eigenvalue weighted by molar-refractivity contribution is 7.72. The molecule has 1 aliphatic heterocycles. The molecule has 0 spiro atoms. The Balaban J connectivity index is 1.34. The van der Waals surface area contributed by atoms with Crippen LogP contribution in [0.1, 0.15) is 56.0 Å². The highest BCUT2D eigenvalue weighted by atomic mass is 31.3. The molecule has 1 fully saturated rings. The normalized spacial score (nSPS) is 22.9. The average Bonchev–Trinajstić information content (AvgIpc) is 3.67. The zero-order valence-electron chi connectivity index (χ0n) is 31.8. The second-order valence-corrected chi connectivity index (χ2v) is 21.9. The van der Waals surface area contributed by atoms with Crippen LogP contribution in [0, 0.1) is 13.8 Å². The molecule has 7 unspecified atom stereocenters. The van der Waals surface area contributed by atoms with Gasteiger partial charge in [-0.15, -0.1) is 5.10 Å². The highest BCUT2D eigenvalue weighted by Gasteiger charge is 2.50. The van der Waals surface area contributed by atoms with Crippen LogP contribution in [0.3, 0.4) is 0 Å². The maximum Gasteiger partial charge on any atom is 0.490 e. The van der Waals surface area contributed by atoms with E-state index in [1.807, 2.05) is 4.98 Å². The number of phosphoric acid groups is 6. The van der Waals surface area contributed by atoms with Gasteiger partial charge in [0, 0.05) is 37.3 Å². The zero-order valence-corrected chi connectivity index (χ0v) is 37.2. The van der Waals surface area contributed by atoms with E-state index in [-0.39, 0.29) is 37.3 Å². The van der Waals surface area contributed by atoms with Crippen molar-refractivity contribution in [1.82, 2.24) is 29.9 Å². The minimum Gasteiger partial charge on any atom is -0.390 e. The Morgan fingerprint density at radius 1 is 0.803 bits per heavy atom. The largest absolute Gasteiger partial charge is 0.490 e. The van der Waals surface area contributed by atoms with E-state index in [1.54, 1.807) is 17.8 Å². The van der Waals surface area contributed by atoms with Crippen molar-refractivity contribution in [2.45, 2.75) is 77.4 Å². The van der Waals surface area contributed by atoms with Crippen molar-refractivity contribution in [2.75, 3.05) is 33.0 Å². The molecule has 1 saturated heterocycles. The first kappa shape index (κ1) is 53.4. The van der Waals surface area contributed by atoms with Gasteiger partial charge in [0.1, 0.15) is 12.3 Å². The Morgan fingerprint density at radius 3 is 1.93 bits per heavy atom. The summed E-state index contributed by atoms with van der Waals surface area (Å²) in [5.74, 6) is -0.255. The van der Waals surface area contributed by atoms with Gasteiger partial charge in [0.15, 0.2) is 0 Å². The van der Waals surface area contributed by atoms with Gasteiger partial charge in [-0.1, -0.05) is 18.1 Å². The van der Waals surface area contributed by atoms with Crippen molar-refractivity contribution in [3.8, 4) is 0 Å². The molecule has 0 saturated carbocycles. The number of ether oxygens (including phenoxy) is 2. The standard InChI is InChI=1S/C24H44N6O25P6/c1-17-14-30(24(34)26-23(17)33)22-13-19(31)20(50-22)16-49-57(37,38)52-59(41,42)54-61(45,46)55-60(43,44)53-58(39,40)51-56(35,36)48-10-6-4-3-5-8-25-21(32)7-11-47-12-9-29-15-18(2)27-28-29/h14-15,19-20,22,31H,3-13,16H2,1-2H3,(H,25,32)(H,35,36)(H,37,38)(H,39,40)(H,41,42)(H,43,44)(H,45,46)(H,26,33,34)/t19?,20-,22-/m1/s1. The first-order valence-corrected chi connectivity index (χ1v) is 26.2. The van der Waals surface area contributed by atoms with Crippen LogP contribution in [0.2, 0.25) is 0 Å². The second-order valence-electron chi connectivity index (χ2n) is 12.5. The fourth-order valence-corrected chi connectivity index (χ4v) is 12.6. The smallest absolute Gasteiger partial charge is 0.390 e. The number of aromatic nitrogens is 5. The number of hydrogen-bond donors (Lipinski definition) is 9. The van der Waals surface area contributed by atoms with E-state index in [2.05, 4.69) is 46.2 Å². The number of aryl methyl sites for hydroxylation is 2. The molecule has 0 aliphatic carbocycles. The number of carbonyl (C=O) groups is 1. The van der Waals surface area contributed by atoms with Crippen LogP contribution in [-0.4, -0.2) is 110 Å². The molecule has 9 N–H and O–H groups in total. The van der Waals surface area contributed by atoms with E-state index in [0.29, 0.717) is 39.0 Å². The van der Waals surface area contributed by atoms with Crippen LogP contribution in [0.4, 0.5) is 0 Å². The molecule has 1 aliphatic rings. The molecule has 61 heavy (non-hydrogen) atoms. The molecule has 0 aromatic carbocycles. The van der Waals surface area contributed by atoms with E-state index >= 15 is 0 Å². The van der Waals surface area contributed by atoms with Crippen molar-refractivity contribution in [3.63, 3.8) is 0 Å². The van der Waals surface area contributed by atoms with Crippen LogP contribution in [0.25, 0.3) is 0 Å². The number of H-pyrrole nitrogens is 1. The third-order valence-electron chi connectivity index (χ3n) is 7.33. The lowest BCUT2D eigenvalue weighted by Crippen LogP contribution is -2.33. The molecule has 2 aromatic rings. The summed E-state index contributed by atoms with van der Waals surface area (Å²) in [6.07, 6.45) is -0.208. The molecule has 3 rings (SSSR count). The van der Waals surface area contributed by atoms with Gasteiger partial charge in [-0.05, 0) is 26.7 Å². The number of nitrogens with zero attached hydrogens (tertiary/aromatic N) is 4. The third kappa shape index (κ3) is 20.2. The maximum absolute atomic E-state index is 12.3. The number of phosphoric ester groups is 2. The summed E-state index contributed by atoms with van der Waals surface area (Å²) in [6.45, 7) is 2.76. The lowest BCUT2D eigenvalue weighted by Gasteiger charge is -2.21. The Kier molecular flexibility index (Phi) is 19.9. The molecule has 2 aromatic heterocycles. The SMILES string of the molecule is Cc1cn(CCOCCC(=O)NCCCCCCOP(=O)(O)OP(=O)(O)OP(=O)(O)OP(=O)(O)OP(=O)(O)OP(=O)(O)OC[C@H]2O[C@@H](n3cc(C)c(=O)[nH]c3=O)CC2O)nn1. The molecule has 350 valence electrons. The summed E-state index contributed by atoms with van der Waals surface area (Å²) in [6, 6.07) is 0. The molecular formula is C24H44N6O25P6. The van der Waals surface area contributed by atoms with E-state index < -0.39 is 89.8 Å². The van der Waals surface area contributed by atoms with Gasteiger partial charge in [0.05, 0.1) is 44.8 Å². The van der Waals surface area contributed by atoms with Crippen molar-refractivity contribution in [2.24, 2.45) is 0 Å². The van der Waals surface area contributed by atoms with Crippen LogP contribution >= 0.6 is 46.9 Å². The van der Waals surface area contributed by atoms with Gasteiger partial charge < -0.3 is 49.3 Å². The highest BCUT2D eigenvalue weighted by Crippen LogP contribution is 2.75. The number of amides is 1. The molecule has 0 bridgehead atoms. The van der Waals surface area contributed by atoms with E-state index in [4.69, 9.17) is 9.47 Å². The molecule has 37 heteroatoms. The van der Waals surface area contributed by atoms with Crippen molar-refractivity contribution < 1.29 is 107 Å². The molecule has 3 heterocycles. The van der Waals surface area contributed by atoms with Gasteiger partial charge in [0.2, 0.25) is 5.91 Å². The summed E-state index contributed by atoms with van der Waals surface area (Å²) in [7, 11) is -36.9. The number of aliphatic hydroxyl groups excluding tert-OH is 1. The summed E-state index contributed by atoms with van der Waals surface area (Å²) in [4.78, 5) is 95.9.